The Hall–Kier alpha value is -2.46. The molecule has 0 atom stereocenters. The normalized spacial score (nSPS) is 13.0. The highest BCUT2D eigenvalue weighted by Gasteiger charge is 2.18. The summed E-state index contributed by atoms with van der Waals surface area (Å²) in [4.78, 5) is 16.3. The van der Waals surface area contributed by atoms with Gasteiger partial charge < -0.3 is 5.32 Å². The highest BCUT2D eigenvalue weighted by atomic mass is 32.1. The van der Waals surface area contributed by atoms with Gasteiger partial charge in [0.05, 0.1) is 12.1 Å². The Morgan fingerprint density at radius 1 is 1.13 bits per heavy atom. The summed E-state index contributed by atoms with van der Waals surface area (Å²) in [5, 5.41) is 5.98. The maximum atomic E-state index is 11.5. The summed E-state index contributed by atoms with van der Waals surface area (Å²) in [6.07, 6.45) is 0.456. The molecule has 2 aromatic carbocycles. The van der Waals surface area contributed by atoms with E-state index in [0.29, 0.717) is 6.42 Å². The van der Waals surface area contributed by atoms with Crippen molar-refractivity contribution in [3.63, 3.8) is 0 Å². The number of rotatable bonds is 2. The maximum Gasteiger partial charge on any atom is 0.228 e. The first-order valence-corrected chi connectivity index (χ1v) is 8.44. The minimum absolute atomic E-state index is 0.0615. The fraction of sp³-hybridized carbons (Fsp3) is 0.158. The van der Waals surface area contributed by atoms with E-state index in [2.05, 4.69) is 48.8 Å². The van der Waals surface area contributed by atoms with Crippen LogP contribution in [0.15, 0.2) is 41.8 Å². The van der Waals surface area contributed by atoms with Crippen molar-refractivity contribution >= 4 is 22.9 Å². The number of anilines is 1. The zero-order valence-electron chi connectivity index (χ0n) is 13.0. The molecule has 0 unspecified atom stereocenters. The molecule has 0 aliphatic carbocycles. The molecular formula is C19H16N2OS. The van der Waals surface area contributed by atoms with Crippen LogP contribution < -0.4 is 5.32 Å². The van der Waals surface area contributed by atoms with Crippen molar-refractivity contribution in [2.45, 2.75) is 20.3 Å². The third-order valence-corrected chi connectivity index (χ3v) is 5.02. The number of nitrogens with one attached hydrogen (secondary N) is 1. The van der Waals surface area contributed by atoms with Gasteiger partial charge in [0.1, 0.15) is 5.01 Å². The standard InChI is InChI=1S/C19H16N2OS/c1-11-3-5-15(12(2)7-11)19-21-17(10-23-19)13-4-6-16-14(8-13)9-18(22)20-16/h3-8,10H,9H2,1-2H3,(H,20,22). The van der Waals surface area contributed by atoms with E-state index in [9.17, 15) is 4.79 Å². The van der Waals surface area contributed by atoms with E-state index in [1.807, 2.05) is 12.1 Å². The molecule has 2 heterocycles. The summed E-state index contributed by atoms with van der Waals surface area (Å²) in [5.74, 6) is 0.0615. The summed E-state index contributed by atoms with van der Waals surface area (Å²) in [6.45, 7) is 4.22. The summed E-state index contributed by atoms with van der Waals surface area (Å²) in [7, 11) is 0. The van der Waals surface area contributed by atoms with Crippen molar-refractivity contribution < 1.29 is 4.79 Å². The molecule has 3 nitrogen and oxygen atoms in total. The van der Waals surface area contributed by atoms with Crippen molar-refractivity contribution in [2.75, 3.05) is 5.32 Å². The molecule has 1 amide bonds. The Morgan fingerprint density at radius 2 is 2.00 bits per heavy atom. The zero-order valence-corrected chi connectivity index (χ0v) is 13.8. The van der Waals surface area contributed by atoms with Gasteiger partial charge in [-0.25, -0.2) is 4.98 Å². The predicted octanol–water partition coefficient (Wildman–Crippen LogP) is 4.59. The van der Waals surface area contributed by atoms with Crippen molar-refractivity contribution in [2.24, 2.45) is 0 Å². The Balaban J connectivity index is 1.71. The van der Waals surface area contributed by atoms with Crippen LogP contribution >= 0.6 is 11.3 Å². The number of amides is 1. The molecule has 0 spiro atoms. The molecule has 114 valence electrons. The second kappa shape index (κ2) is 5.32. The average molecular weight is 320 g/mol. The summed E-state index contributed by atoms with van der Waals surface area (Å²) >= 11 is 1.66. The smallest absolute Gasteiger partial charge is 0.228 e. The minimum atomic E-state index is 0.0615. The van der Waals surface area contributed by atoms with Crippen LogP contribution in [-0.2, 0) is 11.2 Å². The molecule has 23 heavy (non-hydrogen) atoms. The molecule has 1 aliphatic rings. The molecule has 0 fully saturated rings. The molecule has 1 aromatic heterocycles. The zero-order chi connectivity index (χ0) is 16.0. The molecule has 1 aliphatic heterocycles. The highest BCUT2D eigenvalue weighted by Crippen LogP contribution is 2.33. The van der Waals surface area contributed by atoms with E-state index in [1.54, 1.807) is 11.3 Å². The predicted molar refractivity (Wildman–Crippen MR) is 94.8 cm³/mol. The van der Waals surface area contributed by atoms with Gasteiger partial charge in [-0.3, -0.25) is 4.79 Å². The van der Waals surface area contributed by atoms with Crippen LogP contribution in [0.25, 0.3) is 21.8 Å². The van der Waals surface area contributed by atoms with E-state index >= 15 is 0 Å². The molecule has 0 saturated heterocycles. The second-order valence-electron chi connectivity index (χ2n) is 5.95. The quantitative estimate of drug-likeness (QED) is 0.750. The number of hydrogen-bond donors (Lipinski definition) is 1. The first-order valence-electron chi connectivity index (χ1n) is 7.56. The fourth-order valence-electron chi connectivity index (χ4n) is 2.97. The maximum absolute atomic E-state index is 11.5. The van der Waals surface area contributed by atoms with Crippen LogP contribution in [-0.4, -0.2) is 10.9 Å². The van der Waals surface area contributed by atoms with E-state index in [1.165, 1.54) is 16.7 Å². The number of hydrogen-bond acceptors (Lipinski definition) is 3. The minimum Gasteiger partial charge on any atom is -0.326 e. The molecule has 0 saturated carbocycles. The number of aryl methyl sites for hydroxylation is 2. The molecule has 3 aromatic rings. The fourth-order valence-corrected chi connectivity index (χ4v) is 3.89. The SMILES string of the molecule is Cc1ccc(-c2nc(-c3ccc4c(c3)CC(=O)N4)cs2)c(C)c1. The summed E-state index contributed by atoms with van der Waals surface area (Å²) in [5.41, 5.74) is 7.69. The van der Waals surface area contributed by atoms with Gasteiger partial charge >= 0.3 is 0 Å². The first-order chi connectivity index (χ1) is 11.1. The van der Waals surface area contributed by atoms with Crippen LogP contribution in [0.5, 0.6) is 0 Å². The average Bonchev–Trinajstić information content (AvgIpc) is 3.11. The summed E-state index contributed by atoms with van der Waals surface area (Å²) < 4.78 is 0. The number of nitrogens with zero attached hydrogens (tertiary/aromatic N) is 1. The lowest BCUT2D eigenvalue weighted by Gasteiger charge is -2.04. The van der Waals surface area contributed by atoms with Gasteiger partial charge in [-0.2, -0.15) is 0 Å². The van der Waals surface area contributed by atoms with Crippen molar-refractivity contribution in [1.29, 1.82) is 0 Å². The van der Waals surface area contributed by atoms with Gasteiger partial charge in [0.15, 0.2) is 0 Å². The topological polar surface area (TPSA) is 42.0 Å². The lowest BCUT2D eigenvalue weighted by Crippen LogP contribution is -2.03. The highest BCUT2D eigenvalue weighted by molar-refractivity contribution is 7.13. The van der Waals surface area contributed by atoms with E-state index < -0.39 is 0 Å². The monoisotopic (exact) mass is 320 g/mol. The van der Waals surface area contributed by atoms with E-state index in [4.69, 9.17) is 4.98 Å². The lowest BCUT2D eigenvalue weighted by atomic mass is 10.1. The van der Waals surface area contributed by atoms with Gasteiger partial charge in [-0.1, -0.05) is 29.8 Å². The van der Waals surface area contributed by atoms with Crippen LogP contribution in [0.3, 0.4) is 0 Å². The first kappa shape index (κ1) is 14.2. The molecule has 0 bridgehead atoms. The van der Waals surface area contributed by atoms with Crippen molar-refractivity contribution in [1.82, 2.24) is 4.98 Å². The Kier molecular flexibility index (Phi) is 3.27. The molecule has 4 rings (SSSR count). The summed E-state index contributed by atoms with van der Waals surface area (Å²) in [6, 6.07) is 12.5. The largest absolute Gasteiger partial charge is 0.326 e. The number of aromatic nitrogens is 1. The van der Waals surface area contributed by atoms with Crippen LogP contribution in [0, 0.1) is 13.8 Å². The lowest BCUT2D eigenvalue weighted by molar-refractivity contribution is -0.115. The number of fused-ring (bicyclic) bond motifs is 1. The second-order valence-corrected chi connectivity index (χ2v) is 6.81. The van der Waals surface area contributed by atoms with Crippen molar-refractivity contribution in [3.8, 4) is 21.8 Å². The Labute approximate surface area is 139 Å². The van der Waals surface area contributed by atoms with Crippen LogP contribution in [0.4, 0.5) is 5.69 Å². The molecule has 0 radical (unpaired) electrons. The van der Waals surface area contributed by atoms with E-state index in [-0.39, 0.29) is 5.91 Å². The molecular weight excluding hydrogens is 304 g/mol. The van der Waals surface area contributed by atoms with Gasteiger partial charge in [-0.05, 0) is 37.1 Å². The van der Waals surface area contributed by atoms with Gasteiger partial charge in [0.25, 0.3) is 0 Å². The number of thiazole rings is 1. The van der Waals surface area contributed by atoms with Crippen LogP contribution in [0.1, 0.15) is 16.7 Å². The van der Waals surface area contributed by atoms with Gasteiger partial charge in [-0.15, -0.1) is 11.3 Å². The molecule has 1 N–H and O–H groups in total. The van der Waals surface area contributed by atoms with Crippen LogP contribution in [0.2, 0.25) is 0 Å². The molecule has 4 heteroatoms. The Morgan fingerprint density at radius 3 is 2.83 bits per heavy atom. The van der Waals surface area contributed by atoms with Crippen molar-refractivity contribution in [3.05, 3.63) is 58.5 Å². The number of carbonyl (C=O) groups excluding carboxylic acids is 1. The number of carbonyl (C=O) groups is 1. The van der Waals surface area contributed by atoms with E-state index in [0.717, 1.165) is 27.5 Å². The third-order valence-electron chi connectivity index (χ3n) is 4.14. The van der Waals surface area contributed by atoms with Gasteiger partial charge in [0, 0.05) is 22.2 Å². The number of benzene rings is 2. The Bertz CT molecular complexity index is 927. The van der Waals surface area contributed by atoms with Gasteiger partial charge in [0.2, 0.25) is 5.91 Å². The third kappa shape index (κ3) is 2.55.